The standard InChI is InChI=1S/C20H23N3O2S/c24-19(22-11-3-4-12-22)15-7-1-2-8-16(15)21-20(25)23-13-5-9-17(23)18-10-6-14-26-18/h1-2,6-8,10,14,17H,3-5,9,11-13H2,(H,21,25)/t17-/m0/s1. The molecule has 2 saturated heterocycles. The molecule has 0 saturated carbocycles. The van der Waals surface area contributed by atoms with Gasteiger partial charge < -0.3 is 15.1 Å². The van der Waals surface area contributed by atoms with Crippen LogP contribution in [0.5, 0.6) is 0 Å². The van der Waals surface area contributed by atoms with Gasteiger partial charge in [0.25, 0.3) is 5.91 Å². The van der Waals surface area contributed by atoms with E-state index >= 15 is 0 Å². The van der Waals surface area contributed by atoms with Gasteiger partial charge in [0.2, 0.25) is 0 Å². The molecule has 1 aromatic heterocycles. The molecule has 136 valence electrons. The lowest BCUT2D eigenvalue weighted by Gasteiger charge is -2.25. The Hall–Kier alpha value is -2.34. The van der Waals surface area contributed by atoms with E-state index in [2.05, 4.69) is 11.4 Å². The lowest BCUT2D eigenvalue weighted by atomic mass is 10.1. The first kappa shape index (κ1) is 17.1. The number of rotatable bonds is 3. The number of urea groups is 1. The van der Waals surface area contributed by atoms with Crippen molar-refractivity contribution in [1.82, 2.24) is 9.80 Å². The van der Waals surface area contributed by atoms with E-state index in [9.17, 15) is 9.59 Å². The highest BCUT2D eigenvalue weighted by atomic mass is 32.1. The lowest BCUT2D eigenvalue weighted by Crippen LogP contribution is -2.35. The van der Waals surface area contributed by atoms with Gasteiger partial charge in [0.1, 0.15) is 0 Å². The molecule has 0 radical (unpaired) electrons. The number of anilines is 1. The molecule has 5 nitrogen and oxygen atoms in total. The van der Waals surface area contributed by atoms with Crippen molar-refractivity contribution in [2.75, 3.05) is 25.0 Å². The Balaban J connectivity index is 1.52. The second-order valence-corrected chi connectivity index (χ2v) is 7.82. The third-order valence-electron chi connectivity index (χ3n) is 5.18. The van der Waals surface area contributed by atoms with E-state index in [0.29, 0.717) is 11.3 Å². The van der Waals surface area contributed by atoms with Crippen LogP contribution >= 0.6 is 11.3 Å². The summed E-state index contributed by atoms with van der Waals surface area (Å²) in [5.41, 5.74) is 1.18. The van der Waals surface area contributed by atoms with Gasteiger partial charge in [-0.25, -0.2) is 4.79 Å². The Morgan fingerprint density at radius 3 is 2.58 bits per heavy atom. The maximum atomic E-state index is 12.9. The fourth-order valence-corrected chi connectivity index (χ4v) is 4.72. The average molecular weight is 369 g/mol. The van der Waals surface area contributed by atoms with Gasteiger partial charge in [0, 0.05) is 24.5 Å². The van der Waals surface area contributed by atoms with Crippen molar-refractivity contribution in [2.24, 2.45) is 0 Å². The van der Waals surface area contributed by atoms with E-state index in [-0.39, 0.29) is 18.0 Å². The number of amides is 3. The first-order valence-electron chi connectivity index (χ1n) is 9.23. The summed E-state index contributed by atoms with van der Waals surface area (Å²) in [7, 11) is 0. The maximum absolute atomic E-state index is 12.9. The monoisotopic (exact) mass is 369 g/mol. The number of nitrogens with zero attached hydrogens (tertiary/aromatic N) is 2. The Bertz CT molecular complexity index is 784. The van der Waals surface area contributed by atoms with Gasteiger partial charge in [-0.15, -0.1) is 11.3 Å². The van der Waals surface area contributed by atoms with Gasteiger partial charge in [0.05, 0.1) is 17.3 Å². The van der Waals surface area contributed by atoms with E-state index in [1.54, 1.807) is 17.4 Å². The summed E-state index contributed by atoms with van der Waals surface area (Å²) in [6.07, 6.45) is 4.10. The van der Waals surface area contributed by atoms with Gasteiger partial charge in [0.15, 0.2) is 0 Å². The normalized spacial score (nSPS) is 19.8. The Morgan fingerprint density at radius 2 is 1.81 bits per heavy atom. The van der Waals surface area contributed by atoms with Gasteiger partial charge in [-0.2, -0.15) is 0 Å². The smallest absolute Gasteiger partial charge is 0.322 e. The van der Waals surface area contributed by atoms with Crippen LogP contribution in [0.2, 0.25) is 0 Å². The fraction of sp³-hybridized carbons (Fsp3) is 0.400. The van der Waals surface area contributed by atoms with Gasteiger partial charge in [-0.3, -0.25) is 4.79 Å². The molecule has 26 heavy (non-hydrogen) atoms. The number of carbonyl (C=O) groups excluding carboxylic acids is 2. The molecule has 3 heterocycles. The Morgan fingerprint density at radius 1 is 1.00 bits per heavy atom. The molecule has 1 atom stereocenters. The highest BCUT2D eigenvalue weighted by Crippen LogP contribution is 2.35. The Kier molecular flexibility index (Phi) is 4.93. The molecular weight excluding hydrogens is 346 g/mol. The van der Waals surface area contributed by atoms with Gasteiger partial charge in [-0.05, 0) is 49.3 Å². The van der Waals surface area contributed by atoms with E-state index in [1.165, 1.54) is 4.88 Å². The number of hydrogen-bond acceptors (Lipinski definition) is 3. The van der Waals surface area contributed by atoms with Gasteiger partial charge in [-0.1, -0.05) is 18.2 Å². The minimum Gasteiger partial charge on any atom is -0.339 e. The average Bonchev–Trinajstić information content (AvgIpc) is 3.43. The summed E-state index contributed by atoms with van der Waals surface area (Å²) in [6, 6.07) is 11.5. The summed E-state index contributed by atoms with van der Waals surface area (Å²) < 4.78 is 0. The molecule has 2 fully saturated rings. The van der Waals surface area contributed by atoms with Crippen LogP contribution in [-0.2, 0) is 0 Å². The van der Waals surface area contributed by atoms with Crippen LogP contribution in [0.3, 0.4) is 0 Å². The molecule has 0 bridgehead atoms. The van der Waals surface area contributed by atoms with E-state index in [0.717, 1.165) is 45.3 Å². The summed E-state index contributed by atoms with van der Waals surface area (Å²) in [5, 5.41) is 5.04. The van der Waals surface area contributed by atoms with E-state index < -0.39 is 0 Å². The molecule has 3 amide bonds. The van der Waals surface area contributed by atoms with Crippen molar-refractivity contribution in [1.29, 1.82) is 0 Å². The molecule has 1 N–H and O–H groups in total. The summed E-state index contributed by atoms with van der Waals surface area (Å²) in [4.78, 5) is 30.7. The molecule has 2 aliphatic heterocycles. The molecule has 2 aromatic rings. The predicted molar refractivity (Wildman–Crippen MR) is 104 cm³/mol. The topological polar surface area (TPSA) is 52.7 Å². The molecule has 4 rings (SSSR count). The molecular formula is C20H23N3O2S. The van der Waals surface area contributed by atoms with E-state index in [4.69, 9.17) is 0 Å². The summed E-state index contributed by atoms with van der Waals surface area (Å²) >= 11 is 1.69. The number of benzene rings is 1. The second-order valence-electron chi connectivity index (χ2n) is 6.84. The highest BCUT2D eigenvalue weighted by Gasteiger charge is 2.31. The van der Waals surface area contributed by atoms with Crippen molar-refractivity contribution in [3.05, 3.63) is 52.2 Å². The number of thiophene rings is 1. The molecule has 0 spiro atoms. The van der Waals surface area contributed by atoms with Crippen LogP contribution in [0.15, 0.2) is 41.8 Å². The molecule has 2 aliphatic rings. The summed E-state index contributed by atoms with van der Waals surface area (Å²) in [6.45, 7) is 2.35. The predicted octanol–water partition coefficient (Wildman–Crippen LogP) is 4.35. The van der Waals surface area contributed by atoms with Crippen molar-refractivity contribution in [3.63, 3.8) is 0 Å². The third-order valence-corrected chi connectivity index (χ3v) is 6.15. The highest BCUT2D eigenvalue weighted by molar-refractivity contribution is 7.10. The number of para-hydroxylation sites is 1. The quantitative estimate of drug-likeness (QED) is 0.874. The first-order valence-corrected chi connectivity index (χ1v) is 10.1. The molecule has 1 aromatic carbocycles. The zero-order valence-electron chi connectivity index (χ0n) is 14.7. The largest absolute Gasteiger partial charge is 0.339 e. The van der Waals surface area contributed by atoms with E-state index in [1.807, 2.05) is 39.4 Å². The zero-order chi connectivity index (χ0) is 17.9. The van der Waals surface area contributed by atoms with Crippen molar-refractivity contribution < 1.29 is 9.59 Å². The summed E-state index contributed by atoms with van der Waals surface area (Å²) in [5.74, 6) is 0.00892. The van der Waals surface area contributed by atoms with Crippen LogP contribution in [0, 0.1) is 0 Å². The minimum atomic E-state index is -0.123. The van der Waals surface area contributed by atoms with Crippen molar-refractivity contribution in [2.45, 2.75) is 31.7 Å². The lowest BCUT2D eigenvalue weighted by molar-refractivity contribution is 0.0794. The fourth-order valence-electron chi connectivity index (χ4n) is 3.84. The molecule has 6 heteroatoms. The van der Waals surface area contributed by atoms with Crippen molar-refractivity contribution >= 4 is 29.0 Å². The van der Waals surface area contributed by atoms with Crippen LogP contribution in [-0.4, -0.2) is 41.4 Å². The molecule has 0 unspecified atom stereocenters. The van der Waals surface area contributed by atoms with Crippen LogP contribution in [0.4, 0.5) is 10.5 Å². The molecule has 0 aliphatic carbocycles. The number of likely N-dealkylation sites (tertiary alicyclic amines) is 2. The van der Waals surface area contributed by atoms with Crippen molar-refractivity contribution in [3.8, 4) is 0 Å². The number of carbonyl (C=O) groups is 2. The zero-order valence-corrected chi connectivity index (χ0v) is 15.5. The number of hydrogen-bond donors (Lipinski definition) is 1. The van der Waals surface area contributed by atoms with Crippen LogP contribution < -0.4 is 5.32 Å². The van der Waals surface area contributed by atoms with Gasteiger partial charge >= 0.3 is 6.03 Å². The maximum Gasteiger partial charge on any atom is 0.322 e. The Labute approximate surface area is 157 Å². The minimum absolute atomic E-state index is 0.00892. The first-order chi connectivity index (χ1) is 12.7. The third kappa shape index (κ3) is 3.33. The van der Waals surface area contributed by atoms with Crippen LogP contribution in [0.25, 0.3) is 0 Å². The second kappa shape index (κ2) is 7.50. The van der Waals surface area contributed by atoms with Crippen LogP contribution in [0.1, 0.15) is 47.0 Å². The SMILES string of the molecule is O=C(c1ccccc1NC(=O)N1CCC[C@H]1c1cccs1)N1CCCC1. The number of nitrogens with one attached hydrogen (secondary N) is 1.